The van der Waals surface area contributed by atoms with Gasteiger partial charge in [-0.2, -0.15) is 0 Å². The van der Waals surface area contributed by atoms with E-state index in [1.54, 1.807) is 0 Å². The summed E-state index contributed by atoms with van der Waals surface area (Å²) in [6, 6.07) is 18.0. The molecule has 0 unspecified atom stereocenters. The van der Waals surface area contributed by atoms with Crippen LogP contribution in [0.15, 0.2) is 76.5 Å². The SMILES string of the molecule is N[C@@H](Cc1c[nH]c2ccccc12)c1nnc(SC/C=C/c2ccccc2)o1. The average Bonchev–Trinajstić information content (AvgIpc) is 3.34. The molecule has 1 atom stereocenters. The Morgan fingerprint density at radius 1 is 1.07 bits per heavy atom. The second-order valence-electron chi connectivity index (χ2n) is 6.20. The van der Waals surface area contributed by atoms with Crippen LogP contribution in [-0.2, 0) is 6.42 Å². The van der Waals surface area contributed by atoms with E-state index < -0.39 is 0 Å². The van der Waals surface area contributed by atoms with Gasteiger partial charge in [0, 0.05) is 22.9 Å². The molecule has 0 saturated heterocycles. The van der Waals surface area contributed by atoms with E-state index in [4.69, 9.17) is 10.2 Å². The van der Waals surface area contributed by atoms with Gasteiger partial charge in [0.15, 0.2) is 0 Å². The zero-order valence-electron chi connectivity index (χ0n) is 14.7. The van der Waals surface area contributed by atoms with E-state index in [1.807, 2.05) is 36.5 Å². The Morgan fingerprint density at radius 2 is 1.89 bits per heavy atom. The van der Waals surface area contributed by atoms with Crippen LogP contribution in [-0.4, -0.2) is 20.9 Å². The van der Waals surface area contributed by atoms with Crippen molar-refractivity contribution in [3.05, 3.63) is 83.9 Å². The summed E-state index contributed by atoms with van der Waals surface area (Å²) in [4.78, 5) is 3.26. The first-order chi connectivity index (χ1) is 13.3. The lowest BCUT2D eigenvalue weighted by molar-refractivity contribution is 0.386. The van der Waals surface area contributed by atoms with Gasteiger partial charge in [-0.25, -0.2) is 0 Å². The van der Waals surface area contributed by atoms with Crippen molar-refractivity contribution in [2.45, 2.75) is 17.7 Å². The van der Waals surface area contributed by atoms with Crippen molar-refractivity contribution in [2.24, 2.45) is 5.73 Å². The average molecular weight is 376 g/mol. The van der Waals surface area contributed by atoms with Crippen molar-refractivity contribution < 1.29 is 4.42 Å². The smallest absolute Gasteiger partial charge is 0.276 e. The van der Waals surface area contributed by atoms with Crippen LogP contribution < -0.4 is 5.73 Å². The Morgan fingerprint density at radius 3 is 2.78 bits per heavy atom. The molecule has 0 aliphatic carbocycles. The fourth-order valence-electron chi connectivity index (χ4n) is 2.92. The fraction of sp³-hybridized carbons (Fsp3) is 0.143. The van der Waals surface area contributed by atoms with Gasteiger partial charge in [-0.15, -0.1) is 10.2 Å². The molecule has 4 aromatic rings. The van der Waals surface area contributed by atoms with Crippen molar-refractivity contribution in [3.8, 4) is 0 Å². The normalized spacial score (nSPS) is 12.8. The highest BCUT2D eigenvalue weighted by Gasteiger charge is 2.17. The first-order valence-corrected chi connectivity index (χ1v) is 9.76. The summed E-state index contributed by atoms with van der Waals surface area (Å²) in [5.41, 5.74) is 9.71. The van der Waals surface area contributed by atoms with Crippen LogP contribution in [0, 0.1) is 0 Å². The minimum atomic E-state index is -0.328. The van der Waals surface area contributed by atoms with E-state index in [2.05, 4.69) is 51.6 Å². The van der Waals surface area contributed by atoms with Crippen LogP contribution in [0.1, 0.15) is 23.1 Å². The number of hydrogen-bond donors (Lipinski definition) is 2. The molecule has 0 bridgehead atoms. The molecule has 27 heavy (non-hydrogen) atoms. The van der Waals surface area contributed by atoms with Gasteiger partial charge >= 0.3 is 0 Å². The summed E-state index contributed by atoms with van der Waals surface area (Å²) in [7, 11) is 0. The van der Waals surface area contributed by atoms with Crippen LogP contribution in [0.5, 0.6) is 0 Å². The molecular formula is C21H20N4OS. The quantitative estimate of drug-likeness (QED) is 0.461. The number of nitrogens with two attached hydrogens (primary N) is 1. The van der Waals surface area contributed by atoms with Gasteiger partial charge in [-0.1, -0.05) is 72.4 Å². The number of benzene rings is 2. The van der Waals surface area contributed by atoms with Crippen LogP contribution in [0.4, 0.5) is 0 Å². The molecule has 136 valence electrons. The van der Waals surface area contributed by atoms with E-state index in [1.165, 1.54) is 22.7 Å². The molecule has 2 aromatic heterocycles. The Balaban J connectivity index is 1.35. The number of H-pyrrole nitrogens is 1. The van der Waals surface area contributed by atoms with Crippen LogP contribution >= 0.6 is 11.8 Å². The summed E-state index contributed by atoms with van der Waals surface area (Å²) < 4.78 is 5.73. The molecule has 3 N–H and O–H groups in total. The van der Waals surface area contributed by atoms with E-state index in [9.17, 15) is 0 Å². The van der Waals surface area contributed by atoms with Gasteiger partial charge in [-0.3, -0.25) is 0 Å². The topological polar surface area (TPSA) is 80.7 Å². The number of thioether (sulfide) groups is 1. The van der Waals surface area contributed by atoms with Gasteiger partial charge in [0.25, 0.3) is 5.22 Å². The Kier molecular flexibility index (Phi) is 5.37. The molecule has 0 saturated carbocycles. The van der Waals surface area contributed by atoms with E-state index in [0.29, 0.717) is 17.5 Å². The van der Waals surface area contributed by atoms with Crippen LogP contribution in [0.2, 0.25) is 0 Å². The first kappa shape index (κ1) is 17.6. The third-order valence-corrected chi connectivity index (χ3v) is 5.04. The molecule has 6 heteroatoms. The minimum Gasteiger partial charge on any atom is -0.414 e. The molecule has 4 rings (SSSR count). The highest BCUT2D eigenvalue weighted by Crippen LogP contribution is 2.24. The van der Waals surface area contributed by atoms with E-state index >= 15 is 0 Å². The number of fused-ring (bicyclic) bond motifs is 1. The lowest BCUT2D eigenvalue weighted by Gasteiger charge is -2.05. The van der Waals surface area contributed by atoms with Gasteiger partial charge in [-0.05, 0) is 23.6 Å². The lowest BCUT2D eigenvalue weighted by atomic mass is 10.1. The molecule has 0 amide bonds. The fourth-order valence-corrected chi connectivity index (χ4v) is 3.50. The summed E-state index contributed by atoms with van der Waals surface area (Å²) in [6.07, 6.45) is 6.79. The monoisotopic (exact) mass is 376 g/mol. The highest BCUT2D eigenvalue weighted by atomic mass is 32.2. The number of hydrogen-bond acceptors (Lipinski definition) is 5. The third kappa shape index (κ3) is 4.30. The number of aromatic nitrogens is 3. The molecule has 2 heterocycles. The molecule has 0 fully saturated rings. The van der Waals surface area contributed by atoms with E-state index in [0.717, 1.165) is 16.8 Å². The number of nitrogens with one attached hydrogen (secondary N) is 1. The van der Waals surface area contributed by atoms with Gasteiger partial charge in [0.1, 0.15) is 0 Å². The van der Waals surface area contributed by atoms with Crippen molar-refractivity contribution in [1.29, 1.82) is 0 Å². The second kappa shape index (κ2) is 8.24. The summed E-state index contributed by atoms with van der Waals surface area (Å²) >= 11 is 1.50. The van der Waals surface area contributed by atoms with Crippen molar-refractivity contribution >= 4 is 28.7 Å². The number of para-hydroxylation sites is 1. The summed E-state index contributed by atoms with van der Waals surface area (Å²) in [5.74, 6) is 1.23. The van der Waals surface area contributed by atoms with Crippen molar-refractivity contribution in [1.82, 2.24) is 15.2 Å². The maximum atomic E-state index is 6.29. The molecule has 0 radical (unpaired) electrons. The maximum Gasteiger partial charge on any atom is 0.276 e. The van der Waals surface area contributed by atoms with Crippen molar-refractivity contribution in [3.63, 3.8) is 0 Å². The highest BCUT2D eigenvalue weighted by molar-refractivity contribution is 7.99. The third-order valence-electron chi connectivity index (χ3n) is 4.27. The van der Waals surface area contributed by atoms with Crippen LogP contribution in [0.25, 0.3) is 17.0 Å². The van der Waals surface area contributed by atoms with E-state index in [-0.39, 0.29) is 6.04 Å². The Hall–Kier alpha value is -2.83. The molecular weight excluding hydrogens is 356 g/mol. The number of nitrogens with zero attached hydrogens (tertiary/aromatic N) is 2. The number of aromatic amines is 1. The minimum absolute atomic E-state index is 0.328. The molecule has 0 aliphatic heterocycles. The standard InChI is InChI=1S/C21H20N4OS/c22-18(13-16-14-23-19-11-5-4-10-17(16)19)20-24-25-21(26-20)27-12-6-9-15-7-2-1-3-8-15/h1-11,14,18,23H,12-13,22H2/b9-6+/t18-/m0/s1. The van der Waals surface area contributed by atoms with Crippen molar-refractivity contribution in [2.75, 3.05) is 5.75 Å². The lowest BCUT2D eigenvalue weighted by Crippen LogP contribution is -2.13. The largest absolute Gasteiger partial charge is 0.414 e. The molecule has 2 aromatic carbocycles. The molecule has 0 aliphatic rings. The van der Waals surface area contributed by atoms with Gasteiger partial charge in [0.2, 0.25) is 5.89 Å². The maximum absolute atomic E-state index is 6.29. The predicted octanol–water partition coefficient (Wildman–Crippen LogP) is 4.60. The summed E-state index contributed by atoms with van der Waals surface area (Å²) in [6.45, 7) is 0. The molecule has 5 nitrogen and oxygen atoms in total. The zero-order chi connectivity index (χ0) is 18.5. The Bertz CT molecular complexity index is 1040. The van der Waals surface area contributed by atoms with Gasteiger partial charge < -0.3 is 15.1 Å². The number of rotatable bonds is 7. The first-order valence-electron chi connectivity index (χ1n) is 8.78. The predicted molar refractivity (Wildman–Crippen MR) is 109 cm³/mol. The molecule has 0 spiro atoms. The zero-order valence-corrected chi connectivity index (χ0v) is 15.5. The second-order valence-corrected chi connectivity index (χ2v) is 7.17. The summed E-state index contributed by atoms with van der Waals surface area (Å²) in [5, 5.41) is 9.93. The Labute approximate surface area is 161 Å². The van der Waals surface area contributed by atoms with Gasteiger partial charge in [0.05, 0.1) is 6.04 Å². The van der Waals surface area contributed by atoms with Crippen LogP contribution in [0.3, 0.4) is 0 Å².